The van der Waals surface area contributed by atoms with Crippen LogP contribution in [0, 0.1) is 0 Å². The molecule has 4 aromatic rings. The number of hydrogen-bond acceptors (Lipinski definition) is 5. The van der Waals surface area contributed by atoms with Gasteiger partial charge in [0, 0.05) is 11.1 Å². The molecular weight excluding hydrogens is 382 g/mol. The van der Waals surface area contributed by atoms with Crippen molar-refractivity contribution in [2.45, 2.75) is 32.6 Å². The summed E-state index contributed by atoms with van der Waals surface area (Å²) in [6.45, 7) is 2.88. The molecule has 0 saturated heterocycles. The summed E-state index contributed by atoms with van der Waals surface area (Å²) in [5, 5.41) is 4.40. The Hall–Kier alpha value is -2.99. The normalized spacial score (nSPS) is 12.0. The van der Waals surface area contributed by atoms with E-state index in [0.29, 0.717) is 21.9 Å². The van der Waals surface area contributed by atoms with Crippen LogP contribution in [0.2, 0.25) is 0 Å². The lowest BCUT2D eigenvalue weighted by atomic mass is 10.2. The second-order valence-corrected chi connectivity index (χ2v) is 7.87. The van der Waals surface area contributed by atoms with Crippen LogP contribution < -0.4 is 14.8 Å². The van der Waals surface area contributed by atoms with Gasteiger partial charge in [0.2, 0.25) is 4.96 Å². The molecule has 0 unspecified atom stereocenters. The number of fused-ring (bicyclic) bond motifs is 1. The highest BCUT2D eigenvalue weighted by Crippen LogP contribution is 2.20. The molecule has 6 heteroatoms. The van der Waals surface area contributed by atoms with Crippen molar-refractivity contribution in [1.29, 1.82) is 0 Å². The van der Waals surface area contributed by atoms with E-state index in [-0.39, 0.29) is 5.56 Å². The molecule has 4 rings (SSSR count). The Morgan fingerprint density at radius 1 is 1.03 bits per heavy atom. The third-order valence-corrected chi connectivity index (χ3v) is 5.63. The molecule has 0 fully saturated rings. The zero-order chi connectivity index (χ0) is 20.1. The highest BCUT2D eigenvalue weighted by Gasteiger charge is 2.12. The number of benzene rings is 2. The Kier molecular flexibility index (Phi) is 6.00. The van der Waals surface area contributed by atoms with E-state index < -0.39 is 0 Å². The van der Waals surface area contributed by atoms with Crippen LogP contribution in [0.25, 0.3) is 22.4 Å². The topological polar surface area (TPSA) is 56.5 Å². The molecule has 0 aliphatic carbocycles. The fourth-order valence-electron chi connectivity index (χ4n) is 3.13. The van der Waals surface area contributed by atoms with Gasteiger partial charge in [-0.25, -0.2) is 0 Å². The quantitative estimate of drug-likeness (QED) is 0.410. The lowest BCUT2D eigenvalue weighted by Gasteiger charge is -2.08. The zero-order valence-electron chi connectivity index (χ0n) is 16.4. The first-order valence-corrected chi connectivity index (χ1v) is 10.8. The van der Waals surface area contributed by atoms with Crippen LogP contribution in [0.3, 0.4) is 0 Å². The third-order valence-electron chi connectivity index (χ3n) is 4.67. The Morgan fingerprint density at radius 2 is 1.83 bits per heavy atom. The lowest BCUT2D eigenvalue weighted by Crippen LogP contribution is -2.23. The monoisotopic (exact) mass is 405 g/mol. The highest BCUT2D eigenvalue weighted by molar-refractivity contribution is 7.15. The van der Waals surface area contributed by atoms with Crippen molar-refractivity contribution < 1.29 is 4.74 Å². The molecule has 2 aromatic carbocycles. The maximum absolute atomic E-state index is 12.8. The first kappa shape index (κ1) is 19.3. The van der Waals surface area contributed by atoms with E-state index in [4.69, 9.17) is 4.74 Å². The van der Waals surface area contributed by atoms with Gasteiger partial charge in [-0.05, 0) is 18.6 Å². The van der Waals surface area contributed by atoms with Crippen molar-refractivity contribution in [2.75, 3.05) is 6.61 Å². The molecule has 0 bridgehead atoms. The molecule has 0 amide bonds. The second kappa shape index (κ2) is 9.01. The molecule has 148 valence electrons. The van der Waals surface area contributed by atoms with Gasteiger partial charge in [0.15, 0.2) is 5.82 Å². The average Bonchev–Trinajstić information content (AvgIpc) is 3.29. The minimum absolute atomic E-state index is 0.155. The maximum Gasteiger partial charge on any atom is 0.291 e. The van der Waals surface area contributed by atoms with Gasteiger partial charge in [0.05, 0.1) is 11.1 Å². The van der Waals surface area contributed by atoms with Crippen molar-refractivity contribution in [3.63, 3.8) is 0 Å². The number of rotatable bonds is 8. The number of unbranched alkanes of at least 4 members (excludes halogenated alkanes) is 3. The van der Waals surface area contributed by atoms with Gasteiger partial charge in [-0.3, -0.25) is 4.79 Å². The van der Waals surface area contributed by atoms with Crippen LogP contribution in [-0.4, -0.2) is 21.2 Å². The van der Waals surface area contributed by atoms with Gasteiger partial charge in [0.1, 0.15) is 5.75 Å². The average molecular weight is 406 g/mol. The Labute approximate surface area is 173 Å². The molecule has 0 radical (unpaired) electrons. The summed E-state index contributed by atoms with van der Waals surface area (Å²) in [6.07, 6.45) is 6.51. The summed E-state index contributed by atoms with van der Waals surface area (Å²) in [5.74, 6) is 1.36. The summed E-state index contributed by atoms with van der Waals surface area (Å²) in [6, 6.07) is 17.5. The molecule has 0 spiro atoms. The minimum atomic E-state index is -0.155. The lowest BCUT2D eigenvalue weighted by molar-refractivity contribution is 0.304. The molecule has 0 saturated carbocycles. The Balaban J connectivity index is 1.61. The first-order chi connectivity index (χ1) is 14.3. The fraction of sp³-hybridized carbons (Fsp3) is 0.261. The van der Waals surface area contributed by atoms with E-state index >= 15 is 0 Å². The van der Waals surface area contributed by atoms with Crippen LogP contribution in [0.4, 0.5) is 0 Å². The summed E-state index contributed by atoms with van der Waals surface area (Å²) in [5.41, 5.74) is 1.64. The van der Waals surface area contributed by atoms with E-state index in [1.54, 1.807) is 0 Å². The Bertz CT molecular complexity index is 1200. The molecule has 2 aromatic heterocycles. The summed E-state index contributed by atoms with van der Waals surface area (Å²) >= 11 is 1.34. The number of hydrogen-bond donors (Lipinski definition) is 0. The van der Waals surface area contributed by atoms with Crippen molar-refractivity contribution >= 4 is 22.4 Å². The van der Waals surface area contributed by atoms with Gasteiger partial charge in [0.25, 0.3) is 5.56 Å². The maximum atomic E-state index is 12.8. The van der Waals surface area contributed by atoms with Crippen molar-refractivity contribution in [1.82, 2.24) is 14.6 Å². The predicted molar refractivity (Wildman–Crippen MR) is 117 cm³/mol. The highest BCUT2D eigenvalue weighted by atomic mass is 32.1. The van der Waals surface area contributed by atoms with E-state index in [9.17, 15) is 4.79 Å². The smallest absolute Gasteiger partial charge is 0.291 e. The summed E-state index contributed by atoms with van der Waals surface area (Å²) in [4.78, 5) is 17.9. The molecule has 0 N–H and O–H groups in total. The largest absolute Gasteiger partial charge is 0.493 e. The molecule has 2 heterocycles. The standard InChI is InChI=1S/C23H23N3O2S/c1-2-3-4-10-15-28-19-14-9-8-13-18(19)16-20-22(27)26-23(29-20)24-21(25-26)17-11-6-5-7-12-17/h5-9,11-14,16H,2-4,10,15H2,1H3/b20-16-. The summed E-state index contributed by atoms with van der Waals surface area (Å²) < 4.78 is 7.94. The molecule has 0 aliphatic heterocycles. The third kappa shape index (κ3) is 4.38. The van der Waals surface area contributed by atoms with Crippen LogP contribution in [-0.2, 0) is 0 Å². The molecule has 29 heavy (non-hydrogen) atoms. The number of para-hydroxylation sites is 1. The molecule has 0 atom stereocenters. The fourth-order valence-corrected chi connectivity index (χ4v) is 4.03. The van der Waals surface area contributed by atoms with Gasteiger partial charge in [-0.1, -0.05) is 86.1 Å². The van der Waals surface area contributed by atoms with Gasteiger partial charge in [-0.2, -0.15) is 9.50 Å². The van der Waals surface area contributed by atoms with Crippen molar-refractivity contribution in [2.24, 2.45) is 0 Å². The zero-order valence-corrected chi connectivity index (χ0v) is 17.2. The van der Waals surface area contributed by atoms with E-state index in [1.807, 2.05) is 60.7 Å². The predicted octanol–water partition coefficient (Wildman–Crippen LogP) is 4.32. The number of aromatic nitrogens is 3. The minimum Gasteiger partial charge on any atom is -0.493 e. The number of ether oxygens (including phenoxy) is 1. The van der Waals surface area contributed by atoms with E-state index in [2.05, 4.69) is 17.0 Å². The van der Waals surface area contributed by atoms with Crippen LogP contribution in [0.15, 0.2) is 59.4 Å². The van der Waals surface area contributed by atoms with Gasteiger partial charge < -0.3 is 4.74 Å². The first-order valence-electron chi connectivity index (χ1n) is 9.95. The second-order valence-electron chi connectivity index (χ2n) is 6.86. The number of thiazole rings is 1. The van der Waals surface area contributed by atoms with Gasteiger partial charge in [-0.15, -0.1) is 5.10 Å². The van der Waals surface area contributed by atoms with Crippen LogP contribution >= 0.6 is 11.3 Å². The summed E-state index contributed by atoms with van der Waals surface area (Å²) in [7, 11) is 0. The van der Waals surface area contributed by atoms with Crippen molar-refractivity contribution in [3.8, 4) is 17.1 Å². The van der Waals surface area contributed by atoms with Crippen molar-refractivity contribution in [3.05, 3.63) is 75.0 Å². The molecule has 0 aliphatic rings. The Morgan fingerprint density at radius 3 is 2.62 bits per heavy atom. The number of nitrogens with zero attached hydrogens (tertiary/aromatic N) is 3. The SMILES string of the molecule is CCCCCCOc1ccccc1/C=c1\sc2nc(-c3ccccc3)nn2c1=O. The molecule has 5 nitrogen and oxygen atoms in total. The van der Waals surface area contributed by atoms with Gasteiger partial charge >= 0.3 is 0 Å². The van der Waals surface area contributed by atoms with Crippen LogP contribution in [0.5, 0.6) is 5.75 Å². The van der Waals surface area contributed by atoms with Crippen LogP contribution in [0.1, 0.15) is 38.2 Å². The molecular formula is C23H23N3O2S. The van der Waals surface area contributed by atoms with E-state index in [1.165, 1.54) is 35.1 Å². The van der Waals surface area contributed by atoms with E-state index in [0.717, 1.165) is 23.3 Å².